The Morgan fingerprint density at radius 2 is 2.00 bits per heavy atom. The molecule has 0 aliphatic carbocycles. The van der Waals surface area contributed by atoms with E-state index in [0.717, 1.165) is 21.8 Å². The lowest BCUT2D eigenvalue weighted by Crippen LogP contribution is -2.25. The van der Waals surface area contributed by atoms with Gasteiger partial charge >= 0.3 is 0 Å². The fraction of sp³-hybridized carbons (Fsp3) is 0.176. The number of thiazole rings is 1. The van der Waals surface area contributed by atoms with Crippen LogP contribution in [0.4, 0.5) is 0 Å². The maximum absolute atomic E-state index is 12.7. The summed E-state index contributed by atoms with van der Waals surface area (Å²) < 4.78 is 0. The van der Waals surface area contributed by atoms with Gasteiger partial charge in [0.15, 0.2) is 0 Å². The van der Waals surface area contributed by atoms with Crippen molar-refractivity contribution in [3.63, 3.8) is 0 Å². The van der Waals surface area contributed by atoms with E-state index in [2.05, 4.69) is 10.4 Å². The number of hydrogen-bond acceptors (Lipinski definition) is 4. The smallest absolute Gasteiger partial charge is 0.265 e. The van der Waals surface area contributed by atoms with Gasteiger partial charge in [-0.05, 0) is 41.4 Å². The second kappa shape index (κ2) is 6.83. The number of thiophene rings is 1. The monoisotopic (exact) mass is 362 g/mol. The van der Waals surface area contributed by atoms with Crippen LogP contribution in [-0.4, -0.2) is 22.8 Å². The fourth-order valence-electron chi connectivity index (χ4n) is 2.21. The van der Waals surface area contributed by atoms with Crippen LogP contribution >= 0.6 is 34.3 Å². The standard InChI is InChI=1S/C17H15ClN2OS2/c1-11-15(17(21)20(2)9-12-7-8-22-10-12)23-16(19-11)13-3-5-14(18)6-4-13/h3-8,10H,9H2,1-2H3. The predicted octanol–water partition coefficient (Wildman–Crippen LogP) is 5.11. The van der Waals surface area contributed by atoms with Crippen molar-refractivity contribution in [2.75, 3.05) is 7.05 Å². The maximum atomic E-state index is 12.7. The van der Waals surface area contributed by atoms with Crippen molar-refractivity contribution < 1.29 is 4.79 Å². The van der Waals surface area contributed by atoms with Gasteiger partial charge in [0.25, 0.3) is 5.91 Å². The normalized spacial score (nSPS) is 10.7. The quantitative estimate of drug-likeness (QED) is 0.646. The highest BCUT2D eigenvalue weighted by atomic mass is 35.5. The van der Waals surface area contributed by atoms with Crippen LogP contribution in [0.3, 0.4) is 0 Å². The number of hydrogen-bond donors (Lipinski definition) is 0. The van der Waals surface area contributed by atoms with E-state index in [4.69, 9.17) is 11.6 Å². The molecule has 23 heavy (non-hydrogen) atoms. The molecule has 0 fully saturated rings. The highest BCUT2D eigenvalue weighted by Crippen LogP contribution is 2.29. The Kier molecular flexibility index (Phi) is 4.80. The van der Waals surface area contributed by atoms with Gasteiger partial charge in [0, 0.05) is 24.2 Å². The summed E-state index contributed by atoms with van der Waals surface area (Å²) in [5.74, 6) is 0.00594. The molecule has 0 bridgehead atoms. The summed E-state index contributed by atoms with van der Waals surface area (Å²) in [6.45, 7) is 2.48. The van der Waals surface area contributed by atoms with Crippen LogP contribution in [0.15, 0.2) is 41.1 Å². The number of carbonyl (C=O) groups excluding carboxylic acids is 1. The molecule has 0 spiro atoms. The number of rotatable bonds is 4. The van der Waals surface area contributed by atoms with Gasteiger partial charge in [-0.2, -0.15) is 11.3 Å². The lowest BCUT2D eigenvalue weighted by molar-refractivity contribution is 0.0789. The second-order valence-corrected chi connectivity index (χ2v) is 7.45. The minimum Gasteiger partial charge on any atom is -0.337 e. The van der Waals surface area contributed by atoms with Gasteiger partial charge in [0.2, 0.25) is 0 Å². The molecule has 118 valence electrons. The molecule has 3 aromatic rings. The van der Waals surface area contributed by atoms with E-state index in [9.17, 15) is 4.79 Å². The first kappa shape index (κ1) is 16.2. The van der Waals surface area contributed by atoms with Crippen molar-refractivity contribution in [2.24, 2.45) is 0 Å². The fourth-order valence-corrected chi connectivity index (χ4v) is 4.06. The van der Waals surface area contributed by atoms with Crippen LogP contribution in [0.1, 0.15) is 20.9 Å². The Morgan fingerprint density at radius 3 is 2.65 bits per heavy atom. The number of aryl methyl sites for hydroxylation is 1. The molecule has 1 amide bonds. The average molecular weight is 363 g/mol. The van der Waals surface area contributed by atoms with E-state index in [1.807, 2.05) is 49.7 Å². The highest BCUT2D eigenvalue weighted by molar-refractivity contribution is 7.17. The zero-order valence-corrected chi connectivity index (χ0v) is 15.1. The summed E-state index contributed by atoms with van der Waals surface area (Å²) in [5.41, 5.74) is 2.88. The maximum Gasteiger partial charge on any atom is 0.265 e. The Balaban J connectivity index is 1.82. The number of benzene rings is 1. The molecule has 0 unspecified atom stereocenters. The van der Waals surface area contributed by atoms with Crippen molar-refractivity contribution in [2.45, 2.75) is 13.5 Å². The molecule has 0 atom stereocenters. The van der Waals surface area contributed by atoms with E-state index in [-0.39, 0.29) is 5.91 Å². The van der Waals surface area contributed by atoms with Crippen LogP contribution in [-0.2, 0) is 6.54 Å². The molecule has 1 aromatic carbocycles. The van der Waals surface area contributed by atoms with Crippen LogP contribution in [0.2, 0.25) is 5.02 Å². The van der Waals surface area contributed by atoms with Crippen LogP contribution in [0, 0.1) is 6.92 Å². The first-order chi connectivity index (χ1) is 11.0. The third-order valence-electron chi connectivity index (χ3n) is 3.43. The molecule has 2 aromatic heterocycles. The summed E-state index contributed by atoms with van der Waals surface area (Å²) >= 11 is 8.98. The molecule has 0 aliphatic rings. The van der Waals surface area contributed by atoms with E-state index < -0.39 is 0 Å². The number of amides is 1. The van der Waals surface area contributed by atoms with Gasteiger partial charge in [-0.25, -0.2) is 4.98 Å². The highest BCUT2D eigenvalue weighted by Gasteiger charge is 2.19. The summed E-state index contributed by atoms with van der Waals surface area (Å²) in [5, 5.41) is 5.60. The topological polar surface area (TPSA) is 33.2 Å². The minimum absolute atomic E-state index is 0.00594. The Bertz CT molecular complexity index is 810. The Morgan fingerprint density at radius 1 is 1.26 bits per heavy atom. The number of nitrogens with zero attached hydrogens (tertiary/aromatic N) is 2. The largest absolute Gasteiger partial charge is 0.337 e. The number of halogens is 1. The minimum atomic E-state index is 0.00594. The molecular weight excluding hydrogens is 348 g/mol. The summed E-state index contributed by atoms with van der Waals surface area (Å²) in [4.78, 5) is 19.6. The molecule has 3 rings (SSSR count). The predicted molar refractivity (Wildman–Crippen MR) is 97.4 cm³/mol. The van der Waals surface area contributed by atoms with Crippen LogP contribution in [0.5, 0.6) is 0 Å². The van der Waals surface area contributed by atoms with Crippen molar-refractivity contribution in [1.29, 1.82) is 0 Å². The van der Waals surface area contributed by atoms with Gasteiger partial charge in [0.05, 0.1) is 5.69 Å². The zero-order chi connectivity index (χ0) is 16.4. The Labute approximate surface area is 148 Å². The van der Waals surface area contributed by atoms with Crippen molar-refractivity contribution >= 4 is 40.2 Å². The molecule has 3 nitrogen and oxygen atoms in total. The van der Waals surface area contributed by atoms with Gasteiger partial charge in [-0.3, -0.25) is 4.79 Å². The molecule has 0 N–H and O–H groups in total. The van der Waals surface area contributed by atoms with Crippen molar-refractivity contribution in [3.05, 3.63) is 62.2 Å². The SMILES string of the molecule is Cc1nc(-c2ccc(Cl)cc2)sc1C(=O)N(C)Cc1ccsc1. The third-order valence-corrected chi connectivity index (χ3v) is 5.61. The number of aromatic nitrogens is 1. The van der Waals surface area contributed by atoms with Gasteiger partial charge in [-0.15, -0.1) is 11.3 Å². The molecule has 0 aliphatic heterocycles. The molecule has 0 saturated carbocycles. The van der Waals surface area contributed by atoms with E-state index in [0.29, 0.717) is 16.4 Å². The van der Waals surface area contributed by atoms with Crippen molar-refractivity contribution in [3.8, 4) is 10.6 Å². The van der Waals surface area contributed by atoms with Crippen molar-refractivity contribution in [1.82, 2.24) is 9.88 Å². The van der Waals surface area contributed by atoms with E-state index in [1.165, 1.54) is 11.3 Å². The summed E-state index contributed by atoms with van der Waals surface area (Å²) in [6.07, 6.45) is 0. The van der Waals surface area contributed by atoms with Crippen LogP contribution < -0.4 is 0 Å². The first-order valence-electron chi connectivity index (χ1n) is 7.04. The van der Waals surface area contributed by atoms with Gasteiger partial charge in [-0.1, -0.05) is 23.7 Å². The van der Waals surface area contributed by atoms with Crippen LogP contribution in [0.25, 0.3) is 10.6 Å². The zero-order valence-electron chi connectivity index (χ0n) is 12.7. The van der Waals surface area contributed by atoms with Gasteiger partial charge < -0.3 is 4.90 Å². The lowest BCUT2D eigenvalue weighted by atomic mass is 10.2. The first-order valence-corrected chi connectivity index (χ1v) is 9.18. The molecule has 0 radical (unpaired) electrons. The lowest BCUT2D eigenvalue weighted by Gasteiger charge is -2.15. The summed E-state index contributed by atoms with van der Waals surface area (Å²) in [7, 11) is 1.82. The molecular formula is C17H15ClN2OS2. The average Bonchev–Trinajstić information content (AvgIpc) is 3.17. The molecule has 2 heterocycles. The summed E-state index contributed by atoms with van der Waals surface area (Å²) in [6, 6.07) is 9.54. The number of carbonyl (C=O) groups is 1. The molecule has 0 saturated heterocycles. The molecule has 6 heteroatoms. The van der Waals surface area contributed by atoms with E-state index >= 15 is 0 Å². The van der Waals surface area contributed by atoms with E-state index in [1.54, 1.807) is 16.2 Å². The second-order valence-electron chi connectivity index (χ2n) is 5.23. The van der Waals surface area contributed by atoms with Gasteiger partial charge in [0.1, 0.15) is 9.88 Å². The Hall–Kier alpha value is -1.69. The third kappa shape index (κ3) is 3.63.